The van der Waals surface area contributed by atoms with Crippen molar-refractivity contribution in [2.75, 3.05) is 31.7 Å². The fourth-order valence-electron chi connectivity index (χ4n) is 2.63. The van der Waals surface area contributed by atoms with E-state index in [0.717, 1.165) is 28.7 Å². The Labute approximate surface area is 168 Å². The number of sulfonamides is 1. The molecule has 0 amide bonds. The van der Waals surface area contributed by atoms with E-state index in [2.05, 4.69) is 10.5 Å². The number of ether oxygens (including phenoxy) is 1. The van der Waals surface area contributed by atoms with E-state index >= 15 is 0 Å². The molecule has 0 bridgehead atoms. The molecule has 2 aromatic rings. The van der Waals surface area contributed by atoms with Gasteiger partial charge in [-0.15, -0.1) is 0 Å². The van der Waals surface area contributed by atoms with Gasteiger partial charge in [0.2, 0.25) is 15.9 Å². The van der Waals surface area contributed by atoms with Crippen LogP contribution in [0.4, 0.5) is 11.4 Å². The van der Waals surface area contributed by atoms with E-state index in [1.165, 1.54) is 0 Å². The lowest BCUT2D eigenvalue weighted by molar-refractivity contribution is -0.385. The first kappa shape index (κ1) is 21.2. The summed E-state index contributed by atoms with van der Waals surface area (Å²) in [5, 5.41) is 24.4. The van der Waals surface area contributed by atoms with Crippen molar-refractivity contribution in [3.05, 3.63) is 54.7 Å². The number of nitro groups is 1. The number of nitrogens with one attached hydrogen (secondary N) is 3. The molecule has 0 aliphatic carbocycles. The Balaban J connectivity index is 1.98. The summed E-state index contributed by atoms with van der Waals surface area (Å²) in [5.41, 5.74) is -0.368. The lowest BCUT2D eigenvalue weighted by Crippen LogP contribution is -2.40. The van der Waals surface area contributed by atoms with E-state index in [9.17, 15) is 33.2 Å². The topological polar surface area (TPSA) is 200 Å². The van der Waals surface area contributed by atoms with Crippen LogP contribution in [0, 0.1) is 10.1 Å². The van der Waals surface area contributed by atoms with Crippen molar-refractivity contribution in [2.24, 2.45) is 5.10 Å². The van der Waals surface area contributed by atoms with Gasteiger partial charge in [0, 0.05) is 25.2 Å². The average Bonchev–Trinajstić information content (AvgIpc) is 2.70. The molecule has 15 heteroatoms. The maximum absolute atomic E-state index is 13.0. The normalized spacial score (nSPS) is 15.3. The Hall–Kier alpha value is -3.56. The van der Waals surface area contributed by atoms with Crippen LogP contribution in [0.15, 0.2) is 37.8 Å². The molecule has 30 heavy (non-hydrogen) atoms. The largest absolute Gasteiger partial charge is 0.494 e. The molecule has 1 fully saturated rings. The van der Waals surface area contributed by atoms with Crippen molar-refractivity contribution in [1.29, 1.82) is 0 Å². The van der Waals surface area contributed by atoms with Gasteiger partial charge in [-0.25, -0.2) is 13.2 Å². The zero-order valence-electron chi connectivity index (χ0n) is 15.2. The first-order chi connectivity index (χ1) is 14.2. The highest BCUT2D eigenvalue weighted by atomic mass is 32.2. The number of benzene rings is 1. The van der Waals surface area contributed by atoms with E-state index < -0.39 is 42.7 Å². The van der Waals surface area contributed by atoms with E-state index in [0.29, 0.717) is 0 Å². The van der Waals surface area contributed by atoms with Gasteiger partial charge in [0.15, 0.2) is 0 Å². The predicted molar refractivity (Wildman–Crippen MR) is 103 cm³/mol. The number of hydrogen-bond donors (Lipinski definition) is 4. The number of anilines is 1. The number of aromatic amines is 2. The third-order valence-electron chi connectivity index (χ3n) is 4.10. The third kappa shape index (κ3) is 4.37. The second-order valence-electron chi connectivity index (χ2n) is 5.99. The Morgan fingerprint density at radius 1 is 1.27 bits per heavy atom. The van der Waals surface area contributed by atoms with Gasteiger partial charge in [0.1, 0.15) is 10.5 Å². The van der Waals surface area contributed by atoms with Crippen LogP contribution in [0.3, 0.4) is 0 Å². The molecule has 1 aliphatic rings. The molecule has 14 nitrogen and oxygen atoms in total. The van der Waals surface area contributed by atoms with Crippen LogP contribution in [0.1, 0.15) is 5.56 Å². The van der Waals surface area contributed by atoms with Crippen molar-refractivity contribution in [2.45, 2.75) is 4.90 Å². The molecule has 1 saturated heterocycles. The van der Waals surface area contributed by atoms with Crippen LogP contribution < -0.4 is 16.7 Å². The lowest BCUT2D eigenvalue weighted by Gasteiger charge is -2.26. The van der Waals surface area contributed by atoms with Crippen molar-refractivity contribution in [3.63, 3.8) is 0 Å². The van der Waals surface area contributed by atoms with E-state index in [1.54, 1.807) is 0 Å². The molecular weight excluding hydrogens is 424 g/mol. The maximum atomic E-state index is 13.0. The van der Waals surface area contributed by atoms with Gasteiger partial charge in [-0.05, 0) is 6.07 Å². The van der Waals surface area contributed by atoms with Crippen molar-refractivity contribution >= 4 is 27.6 Å². The van der Waals surface area contributed by atoms with Crippen LogP contribution in [-0.4, -0.2) is 65.2 Å². The van der Waals surface area contributed by atoms with Gasteiger partial charge >= 0.3 is 5.69 Å². The molecule has 0 unspecified atom stereocenters. The fraction of sp³-hybridized carbons (Fsp3) is 0.267. The van der Waals surface area contributed by atoms with Gasteiger partial charge in [0.05, 0.1) is 30.0 Å². The molecule has 1 aromatic heterocycles. The van der Waals surface area contributed by atoms with Crippen molar-refractivity contribution in [3.8, 4) is 5.88 Å². The number of aromatic hydroxyl groups is 1. The van der Waals surface area contributed by atoms with Crippen LogP contribution in [0.2, 0.25) is 0 Å². The highest BCUT2D eigenvalue weighted by molar-refractivity contribution is 7.89. The van der Waals surface area contributed by atoms with E-state index in [1.807, 2.05) is 9.97 Å². The third-order valence-corrected chi connectivity index (χ3v) is 6.04. The summed E-state index contributed by atoms with van der Waals surface area (Å²) < 4.78 is 32.2. The molecular formula is C15H16N6O8S. The minimum atomic E-state index is -4.12. The average molecular weight is 440 g/mol. The van der Waals surface area contributed by atoms with E-state index in [-0.39, 0.29) is 37.6 Å². The van der Waals surface area contributed by atoms with Gasteiger partial charge in [-0.2, -0.15) is 9.41 Å². The van der Waals surface area contributed by atoms with Gasteiger partial charge in [0.25, 0.3) is 11.2 Å². The molecule has 0 spiro atoms. The number of nitrogens with zero attached hydrogens (tertiary/aromatic N) is 3. The summed E-state index contributed by atoms with van der Waals surface area (Å²) in [6.45, 7) is 0.523. The summed E-state index contributed by atoms with van der Waals surface area (Å²) in [4.78, 5) is 36.6. The number of aromatic nitrogens is 2. The smallest absolute Gasteiger partial charge is 0.328 e. The molecule has 3 rings (SSSR count). The standard InChI is InChI=1S/C15H16N6O8S/c22-13-10(14(23)18-15(24)17-13)8-16-19-11-2-1-9(21(25)26)7-12(11)30(27,28)20-3-5-29-6-4-20/h1-2,7-8,19H,3-6H2,(H3,17,18,22,23,24). The Kier molecular flexibility index (Phi) is 5.95. The molecule has 0 radical (unpaired) electrons. The molecule has 160 valence electrons. The monoisotopic (exact) mass is 440 g/mol. The van der Waals surface area contributed by atoms with E-state index in [4.69, 9.17) is 4.74 Å². The number of rotatable bonds is 6. The van der Waals surface area contributed by atoms with Gasteiger partial charge in [-0.3, -0.25) is 30.3 Å². The minimum Gasteiger partial charge on any atom is -0.494 e. The zero-order valence-corrected chi connectivity index (χ0v) is 16.0. The highest BCUT2D eigenvalue weighted by Gasteiger charge is 2.30. The summed E-state index contributed by atoms with van der Waals surface area (Å²) >= 11 is 0. The number of hydrogen-bond acceptors (Lipinski definition) is 10. The number of morpholine rings is 1. The zero-order chi connectivity index (χ0) is 21.9. The Morgan fingerprint density at radius 2 is 1.97 bits per heavy atom. The second-order valence-corrected chi connectivity index (χ2v) is 7.90. The molecule has 2 heterocycles. The molecule has 4 N–H and O–H groups in total. The minimum absolute atomic E-state index is 0.0777. The number of non-ortho nitro benzene ring substituents is 1. The number of hydrazone groups is 1. The van der Waals surface area contributed by atoms with Crippen molar-refractivity contribution < 1.29 is 23.2 Å². The second kappa shape index (κ2) is 8.44. The summed E-state index contributed by atoms with van der Waals surface area (Å²) in [6, 6.07) is 3.13. The first-order valence-corrected chi connectivity index (χ1v) is 9.85. The van der Waals surface area contributed by atoms with Crippen molar-refractivity contribution in [1.82, 2.24) is 14.3 Å². The fourth-order valence-corrected chi connectivity index (χ4v) is 4.20. The number of H-pyrrole nitrogens is 2. The van der Waals surface area contributed by atoms with Gasteiger partial charge < -0.3 is 9.84 Å². The Morgan fingerprint density at radius 3 is 2.60 bits per heavy atom. The van der Waals surface area contributed by atoms with Gasteiger partial charge in [-0.1, -0.05) is 0 Å². The Bertz CT molecular complexity index is 1210. The highest BCUT2D eigenvalue weighted by Crippen LogP contribution is 2.29. The molecule has 1 aromatic carbocycles. The quantitative estimate of drug-likeness (QED) is 0.251. The lowest BCUT2D eigenvalue weighted by atomic mass is 10.3. The summed E-state index contributed by atoms with van der Waals surface area (Å²) in [5.74, 6) is -0.737. The SMILES string of the molecule is O=c1[nH]c(O)c(C=NNc2ccc([N+](=O)[O-])cc2S(=O)(=O)N2CCOCC2)c(=O)[nH]1. The number of nitro benzene ring substituents is 1. The molecule has 0 saturated carbocycles. The predicted octanol–water partition coefficient (Wildman–Crippen LogP) is -0.856. The summed E-state index contributed by atoms with van der Waals surface area (Å²) in [6.07, 6.45) is 0.858. The van der Waals surface area contributed by atoms with Crippen LogP contribution in [-0.2, 0) is 14.8 Å². The van der Waals surface area contributed by atoms with Crippen LogP contribution >= 0.6 is 0 Å². The maximum Gasteiger partial charge on any atom is 0.328 e. The molecule has 0 atom stereocenters. The first-order valence-electron chi connectivity index (χ1n) is 8.41. The summed E-state index contributed by atoms with van der Waals surface area (Å²) in [7, 11) is -4.12. The van der Waals surface area contributed by atoms with Crippen LogP contribution in [0.25, 0.3) is 0 Å². The van der Waals surface area contributed by atoms with Crippen LogP contribution in [0.5, 0.6) is 5.88 Å². The molecule has 1 aliphatic heterocycles.